The summed E-state index contributed by atoms with van der Waals surface area (Å²) in [5.41, 5.74) is 10.8. The highest BCUT2D eigenvalue weighted by Gasteiger charge is 2.30. The van der Waals surface area contributed by atoms with Crippen LogP contribution in [0.5, 0.6) is 0 Å². The van der Waals surface area contributed by atoms with Gasteiger partial charge in [0.25, 0.3) is 0 Å². The van der Waals surface area contributed by atoms with Crippen LogP contribution in [0.2, 0.25) is 0 Å². The molecule has 30 heavy (non-hydrogen) atoms. The summed E-state index contributed by atoms with van der Waals surface area (Å²) in [5.74, 6) is -8.44. The zero-order valence-corrected chi connectivity index (χ0v) is 16.0. The number of aliphatic carboxylic acids is 2. The van der Waals surface area contributed by atoms with Crippen molar-refractivity contribution in [3.05, 3.63) is 0 Å². The molecule has 0 fully saturated rings. The van der Waals surface area contributed by atoms with Crippen molar-refractivity contribution in [1.82, 2.24) is 5.32 Å². The predicted octanol–water partition coefficient (Wildman–Crippen LogP) is -2.59. The number of esters is 4. The molecule has 1 unspecified atom stereocenters. The number of carbonyl (C=O) groups excluding carboxylic acids is 5. The minimum Gasteiger partial charge on any atom is -0.481 e. The number of carboxylic acid groups (broad SMARTS) is 2. The summed E-state index contributed by atoms with van der Waals surface area (Å²) in [4.78, 5) is 79.4. The summed E-state index contributed by atoms with van der Waals surface area (Å²) in [6, 6.07) is -4.57. The topological polar surface area (TPSA) is 242 Å². The van der Waals surface area contributed by atoms with Crippen molar-refractivity contribution in [2.24, 2.45) is 11.5 Å². The van der Waals surface area contributed by atoms with E-state index in [-0.39, 0.29) is 12.8 Å². The Bertz CT molecular complexity index is 707. The first-order valence-electron chi connectivity index (χ1n) is 8.55. The number of nitrogens with two attached hydrogens (primary N) is 2. The van der Waals surface area contributed by atoms with E-state index in [0.717, 1.165) is 6.92 Å². The van der Waals surface area contributed by atoms with Crippen LogP contribution in [0.3, 0.4) is 0 Å². The highest BCUT2D eigenvalue weighted by Crippen LogP contribution is 2.05. The maximum absolute atomic E-state index is 12.1. The molecule has 0 aromatic rings. The molecule has 0 spiro atoms. The maximum atomic E-state index is 12.1. The normalized spacial score (nSPS) is 13.3. The van der Waals surface area contributed by atoms with Crippen LogP contribution in [0.1, 0.15) is 39.0 Å². The van der Waals surface area contributed by atoms with Crippen LogP contribution in [0, 0.1) is 0 Å². The van der Waals surface area contributed by atoms with Gasteiger partial charge in [-0.25, -0.2) is 14.4 Å². The van der Waals surface area contributed by atoms with Gasteiger partial charge in [0.15, 0.2) is 0 Å². The van der Waals surface area contributed by atoms with Gasteiger partial charge in [-0.1, -0.05) is 0 Å². The largest absolute Gasteiger partial charge is 0.481 e. The zero-order chi connectivity index (χ0) is 23.4. The molecular formula is C16H23N3O11. The molecule has 168 valence electrons. The number of carboxylic acids is 2. The van der Waals surface area contributed by atoms with E-state index in [9.17, 15) is 33.6 Å². The van der Waals surface area contributed by atoms with Crippen molar-refractivity contribution in [2.45, 2.75) is 57.2 Å². The summed E-state index contributed by atoms with van der Waals surface area (Å²) < 4.78 is 8.83. The highest BCUT2D eigenvalue weighted by atomic mass is 16.6. The Hall–Kier alpha value is -3.39. The summed E-state index contributed by atoms with van der Waals surface area (Å²) in [7, 11) is 0. The molecule has 7 N–H and O–H groups in total. The Balaban J connectivity index is 4.88. The second kappa shape index (κ2) is 12.9. The van der Waals surface area contributed by atoms with E-state index in [1.165, 1.54) is 0 Å². The molecule has 0 aromatic heterocycles. The average molecular weight is 433 g/mol. The van der Waals surface area contributed by atoms with E-state index in [1.807, 2.05) is 5.32 Å². The van der Waals surface area contributed by atoms with E-state index in [0.29, 0.717) is 0 Å². The predicted molar refractivity (Wildman–Crippen MR) is 94.1 cm³/mol. The Labute approximate surface area is 169 Å². The molecule has 3 atom stereocenters. The van der Waals surface area contributed by atoms with Gasteiger partial charge in [-0.05, 0) is 12.8 Å². The van der Waals surface area contributed by atoms with Crippen LogP contribution >= 0.6 is 0 Å². The molecule has 1 amide bonds. The lowest BCUT2D eigenvalue weighted by Crippen LogP contribution is -2.45. The monoisotopic (exact) mass is 433 g/mol. The maximum Gasteiger partial charge on any atom is 0.336 e. The SMILES string of the molecule is CC(=O)NC(CC(=O)OC(=O)[C@H](N)CCC(=O)O)C(=O)OC(=O)[C@H](N)CCC(=O)O. The molecular weight excluding hydrogens is 410 g/mol. The summed E-state index contributed by atoms with van der Waals surface area (Å²) >= 11 is 0. The van der Waals surface area contributed by atoms with Crippen LogP contribution in [0.25, 0.3) is 0 Å². The quantitative estimate of drug-likeness (QED) is 0.157. The number of ether oxygens (including phenoxy) is 2. The lowest BCUT2D eigenvalue weighted by molar-refractivity contribution is -0.168. The highest BCUT2D eigenvalue weighted by molar-refractivity contribution is 5.96. The second-order valence-electron chi connectivity index (χ2n) is 6.07. The van der Waals surface area contributed by atoms with Gasteiger partial charge in [-0.2, -0.15) is 0 Å². The second-order valence-corrected chi connectivity index (χ2v) is 6.07. The molecule has 14 heteroatoms. The Morgan fingerprint density at radius 3 is 1.63 bits per heavy atom. The van der Waals surface area contributed by atoms with Crippen LogP contribution in [-0.2, 0) is 43.0 Å². The van der Waals surface area contributed by atoms with E-state index >= 15 is 0 Å². The van der Waals surface area contributed by atoms with Gasteiger partial charge < -0.3 is 36.5 Å². The molecule has 0 aliphatic rings. The molecule has 0 saturated carbocycles. The lowest BCUT2D eigenvalue weighted by atomic mass is 10.1. The third-order valence-electron chi connectivity index (χ3n) is 3.39. The van der Waals surface area contributed by atoms with E-state index < -0.39 is 79.1 Å². The van der Waals surface area contributed by atoms with E-state index in [4.69, 9.17) is 21.7 Å². The molecule has 0 bridgehead atoms. The van der Waals surface area contributed by atoms with Gasteiger partial charge in [-0.3, -0.25) is 19.2 Å². The molecule has 0 rings (SSSR count). The Kier molecular flexibility index (Phi) is 11.5. The molecule has 0 saturated heterocycles. The van der Waals surface area contributed by atoms with Crippen molar-refractivity contribution in [2.75, 3.05) is 0 Å². The average Bonchev–Trinajstić information content (AvgIpc) is 2.62. The molecule has 14 nitrogen and oxygen atoms in total. The lowest BCUT2D eigenvalue weighted by Gasteiger charge is -2.17. The minimum atomic E-state index is -1.71. The fourth-order valence-corrected chi connectivity index (χ4v) is 1.87. The summed E-state index contributed by atoms with van der Waals surface area (Å²) in [6.07, 6.45) is -2.45. The molecule has 0 aliphatic heterocycles. The zero-order valence-electron chi connectivity index (χ0n) is 16.0. The van der Waals surface area contributed by atoms with Gasteiger partial charge in [0.05, 0.1) is 6.42 Å². The van der Waals surface area contributed by atoms with Gasteiger partial charge >= 0.3 is 35.8 Å². The molecule has 0 heterocycles. The number of hydrogen-bond acceptors (Lipinski definition) is 11. The number of carbonyl (C=O) groups is 7. The van der Waals surface area contributed by atoms with Crippen molar-refractivity contribution in [3.8, 4) is 0 Å². The molecule has 0 aliphatic carbocycles. The minimum absolute atomic E-state index is 0.304. The summed E-state index contributed by atoms with van der Waals surface area (Å²) in [5, 5.41) is 19.1. The third kappa shape index (κ3) is 11.5. The number of nitrogens with one attached hydrogen (secondary N) is 1. The molecule has 0 aromatic carbocycles. The van der Waals surface area contributed by atoms with Crippen molar-refractivity contribution >= 4 is 41.7 Å². The standard InChI is InChI=1S/C16H23N3O11/c1-7(20)19-10(16(28)30-15(27)9(18)3-5-12(23)24)6-13(25)29-14(26)8(17)2-4-11(21)22/h8-10H,2-6,17-18H2,1H3,(H,19,20)(H,21,22)(H,23,24)/t8-,9-,10?/m1/s1. The van der Waals surface area contributed by atoms with Gasteiger partial charge in [0, 0.05) is 19.8 Å². The Morgan fingerprint density at radius 1 is 0.800 bits per heavy atom. The fraction of sp³-hybridized carbons (Fsp3) is 0.562. The molecule has 0 radical (unpaired) electrons. The first-order valence-corrected chi connectivity index (χ1v) is 8.55. The van der Waals surface area contributed by atoms with Crippen LogP contribution in [0.15, 0.2) is 0 Å². The van der Waals surface area contributed by atoms with Crippen molar-refractivity contribution < 1.29 is 53.2 Å². The first-order chi connectivity index (χ1) is 13.8. The fourth-order valence-electron chi connectivity index (χ4n) is 1.87. The number of hydrogen-bond donors (Lipinski definition) is 5. The van der Waals surface area contributed by atoms with E-state index in [2.05, 4.69) is 9.47 Å². The smallest absolute Gasteiger partial charge is 0.336 e. The van der Waals surface area contributed by atoms with Crippen LogP contribution in [-0.4, -0.2) is 70.1 Å². The van der Waals surface area contributed by atoms with Crippen LogP contribution < -0.4 is 16.8 Å². The van der Waals surface area contributed by atoms with Gasteiger partial charge in [0.2, 0.25) is 5.91 Å². The van der Waals surface area contributed by atoms with Gasteiger partial charge in [-0.15, -0.1) is 0 Å². The third-order valence-corrected chi connectivity index (χ3v) is 3.39. The van der Waals surface area contributed by atoms with E-state index in [1.54, 1.807) is 0 Å². The van der Waals surface area contributed by atoms with Crippen molar-refractivity contribution in [3.63, 3.8) is 0 Å². The number of rotatable bonds is 12. The van der Waals surface area contributed by atoms with Crippen LogP contribution in [0.4, 0.5) is 0 Å². The summed E-state index contributed by atoms with van der Waals surface area (Å²) in [6.45, 7) is 0.999. The first kappa shape index (κ1) is 26.6. The van der Waals surface area contributed by atoms with Crippen molar-refractivity contribution in [1.29, 1.82) is 0 Å². The Morgan fingerprint density at radius 2 is 1.23 bits per heavy atom. The number of amides is 1. The van der Waals surface area contributed by atoms with Gasteiger partial charge in [0.1, 0.15) is 18.1 Å².